The average Bonchev–Trinajstić information content (AvgIpc) is 2.38. The molecule has 0 saturated carbocycles. The zero-order valence-corrected chi connectivity index (χ0v) is 11.9. The van der Waals surface area contributed by atoms with Crippen LogP contribution in [0.5, 0.6) is 0 Å². The number of hydrogen-bond acceptors (Lipinski definition) is 5. The first kappa shape index (κ1) is 13.6. The minimum atomic E-state index is -0.547. The van der Waals surface area contributed by atoms with Crippen molar-refractivity contribution >= 4 is 29.0 Å². The molecule has 0 saturated heterocycles. The zero-order valence-electron chi connectivity index (χ0n) is 11.1. The highest BCUT2D eigenvalue weighted by molar-refractivity contribution is 7.80. The Labute approximate surface area is 117 Å². The maximum absolute atomic E-state index is 12.3. The molecule has 0 radical (unpaired) electrons. The van der Waals surface area contributed by atoms with Crippen molar-refractivity contribution in [2.24, 2.45) is 10.5 Å². The van der Waals surface area contributed by atoms with Gasteiger partial charge in [0, 0.05) is 23.4 Å². The van der Waals surface area contributed by atoms with Crippen LogP contribution in [-0.4, -0.2) is 33.4 Å². The number of rotatable bonds is 1. The van der Waals surface area contributed by atoms with E-state index in [1.54, 1.807) is 24.5 Å². The molecule has 0 bridgehead atoms. The average molecular weight is 277 g/mol. The normalized spacial score (nSPS) is 15.8. The van der Waals surface area contributed by atoms with Gasteiger partial charge in [0.2, 0.25) is 5.90 Å². The fraction of sp³-hybridized carbons (Fsp3) is 0.385. The Morgan fingerprint density at radius 3 is 2.58 bits per heavy atom. The van der Waals surface area contributed by atoms with E-state index >= 15 is 0 Å². The Morgan fingerprint density at radius 1 is 1.37 bits per heavy atom. The van der Waals surface area contributed by atoms with E-state index in [-0.39, 0.29) is 12.5 Å². The molecule has 2 rings (SSSR count). The first-order valence-electron chi connectivity index (χ1n) is 5.89. The molecule has 1 aromatic heterocycles. The van der Waals surface area contributed by atoms with E-state index in [9.17, 15) is 4.79 Å². The number of carbonyl (C=O) groups excluding carboxylic acids is 1. The number of carbonyl (C=O) groups is 1. The van der Waals surface area contributed by atoms with Gasteiger partial charge in [0.05, 0.1) is 0 Å². The second-order valence-corrected chi connectivity index (χ2v) is 5.66. The van der Waals surface area contributed by atoms with Crippen LogP contribution in [0.15, 0.2) is 29.6 Å². The SMILES string of the molecule is CC(C)(C)C(=O)N1N=C(c2ccncc2)OCC1=S. The summed E-state index contributed by atoms with van der Waals surface area (Å²) in [6, 6.07) is 3.54. The van der Waals surface area contributed by atoms with E-state index in [0.717, 1.165) is 5.56 Å². The van der Waals surface area contributed by atoms with Crippen molar-refractivity contribution in [2.75, 3.05) is 6.61 Å². The molecule has 19 heavy (non-hydrogen) atoms. The molecule has 1 aliphatic rings. The summed E-state index contributed by atoms with van der Waals surface area (Å²) in [5.41, 5.74) is 0.220. The zero-order chi connectivity index (χ0) is 14.0. The molecule has 1 aromatic rings. The van der Waals surface area contributed by atoms with Crippen LogP contribution >= 0.6 is 12.2 Å². The fourth-order valence-corrected chi connectivity index (χ4v) is 1.66. The molecule has 0 fully saturated rings. The van der Waals surface area contributed by atoms with Crippen molar-refractivity contribution in [3.8, 4) is 0 Å². The Morgan fingerprint density at radius 2 is 2.00 bits per heavy atom. The Balaban J connectivity index is 2.34. The maximum atomic E-state index is 12.3. The topological polar surface area (TPSA) is 54.8 Å². The molecule has 2 heterocycles. The molecule has 1 aliphatic heterocycles. The van der Waals surface area contributed by atoms with E-state index in [4.69, 9.17) is 17.0 Å². The summed E-state index contributed by atoms with van der Waals surface area (Å²) in [6.45, 7) is 5.66. The lowest BCUT2D eigenvalue weighted by atomic mass is 9.95. The standard InChI is InChI=1S/C13H15N3O2S/c1-13(2,3)12(17)16-10(19)8-18-11(15-16)9-4-6-14-7-5-9/h4-7H,8H2,1-3H3. The van der Waals surface area contributed by atoms with Gasteiger partial charge in [-0.15, -0.1) is 5.10 Å². The number of thiocarbonyl (C=S) groups is 1. The van der Waals surface area contributed by atoms with Gasteiger partial charge in [-0.25, -0.2) is 0 Å². The molecular weight excluding hydrogens is 262 g/mol. The van der Waals surface area contributed by atoms with E-state index in [1.807, 2.05) is 20.8 Å². The van der Waals surface area contributed by atoms with Gasteiger partial charge in [0.25, 0.3) is 5.91 Å². The third-order valence-corrected chi connectivity index (χ3v) is 2.81. The highest BCUT2D eigenvalue weighted by Gasteiger charge is 2.32. The number of ether oxygens (including phenoxy) is 1. The summed E-state index contributed by atoms with van der Waals surface area (Å²) in [4.78, 5) is 16.6. The first-order valence-corrected chi connectivity index (χ1v) is 6.29. The van der Waals surface area contributed by atoms with Crippen molar-refractivity contribution in [1.29, 1.82) is 0 Å². The summed E-state index contributed by atoms with van der Waals surface area (Å²) in [7, 11) is 0. The molecule has 0 unspecified atom stereocenters. The van der Waals surface area contributed by atoms with Crippen molar-refractivity contribution in [1.82, 2.24) is 9.99 Å². The molecule has 0 spiro atoms. The molecule has 0 atom stereocenters. The van der Waals surface area contributed by atoms with Gasteiger partial charge in [-0.05, 0) is 12.1 Å². The van der Waals surface area contributed by atoms with Crippen molar-refractivity contribution in [3.05, 3.63) is 30.1 Å². The fourth-order valence-electron chi connectivity index (χ4n) is 1.48. The third-order valence-electron chi connectivity index (χ3n) is 2.52. The molecule has 6 heteroatoms. The number of aromatic nitrogens is 1. The Hall–Kier alpha value is -1.82. The van der Waals surface area contributed by atoms with E-state index < -0.39 is 5.41 Å². The third kappa shape index (κ3) is 2.96. The van der Waals surface area contributed by atoms with E-state index in [1.165, 1.54) is 5.01 Å². The summed E-state index contributed by atoms with van der Waals surface area (Å²) in [5.74, 6) is 0.237. The molecule has 1 amide bonds. The van der Waals surface area contributed by atoms with Gasteiger partial charge in [-0.2, -0.15) is 5.01 Å². The van der Waals surface area contributed by atoms with Crippen LogP contribution in [0, 0.1) is 5.41 Å². The van der Waals surface area contributed by atoms with Crippen LogP contribution in [0.4, 0.5) is 0 Å². The van der Waals surface area contributed by atoms with Crippen molar-refractivity contribution in [2.45, 2.75) is 20.8 Å². The second kappa shape index (κ2) is 5.05. The predicted molar refractivity (Wildman–Crippen MR) is 75.6 cm³/mol. The molecular formula is C13H15N3O2S. The monoisotopic (exact) mass is 277 g/mol. The number of hydrazone groups is 1. The van der Waals surface area contributed by atoms with Crippen molar-refractivity contribution in [3.63, 3.8) is 0 Å². The van der Waals surface area contributed by atoms with Crippen LogP contribution < -0.4 is 0 Å². The minimum Gasteiger partial charge on any atom is -0.469 e. The van der Waals surface area contributed by atoms with Crippen LogP contribution in [0.1, 0.15) is 26.3 Å². The second-order valence-electron chi connectivity index (χ2n) is 5.19. The predicted octanol–water partition coefficient (Wildman–Crippen LogP) is 1.98. The van der Waals surface area contributed by atoms with Gasteiger partial charge in [0.15, 0.2) is 0 Å². The quantitative estimate of drug-likeness (QED) is 0.737. The summed E-state index contributed by atoms with van der Waals surface area (Å²) < 4.78 is 5.46. The lowest BCUT2D eigenvalue weighted by Crippen LogP contribution is -2.44. The largest absolute Gasteiger partial charge is 0.469 e. The summed E-state index contributed by atoms with van der Waals surface area (Å²) in [6.07, 6.45) is 3.29. The van der Waals surface area contributed by atoms with Gasteiger partial charge in [-0.3, -0.25) is 9.78 Å². The number of amides is 1. The highest BCUT2D eigenvalue weighted by atomic mass is 32.1. The molecule has 5 nitrogen and oxygen atoms in total. The summed E-state index contributed by atoms with van der Waals surface area (Å²) in [5, 5.41) is 5.47. The van der Waals surface area contributed by atoms with Crippen molar-refractivity contribution < 1.29 is 9.53 Å². The van der Waals surface area contributed by atoms with Gasteiger partial charge in [0.1, 0.15) is 11.6 Å². The van der Waals surface area contributed by atoms with Crippen LogP contribution in [0.25, 0.3) is 0 Å². The molecule has 0 aromatic carbocycles. The Kier molecular flexibility index (Phi) is 3.61. The van der Waals surface area contributed by atoms with Gasteiger partial charge < -0.3 is 4.74 Å². The molecule has 0 aliphatic carbocycles. The molecule has 0 N–H and O–H groups in total. The summed E-state index contributed by atoms with van der Waals surface area (Å²) >= 11 is 5.14. The lowest BCUT2D eigenvalue weighted by molar-refractivity contribution is -0.135. The lowest BCUT2D eigenvalue weighted by Gasteiger charge is -2.29. The number of pyridine rings is 1. The van der Waals surface area contributed by atoms with Gasteiger partial charge >= 0.3 is 0 Å². The van der Waals surface area contributed by atoms with Crippen LogP contribution in [-0.2, 0) is 9.53 Å². The van der Waals surface area contributed by atoms with E-state index in [2.05, 4.69) is 10.1 Å². The minimum absolute atomic E-state index is 0.146. The number of hydrogen-bond donors (Lipinski definition) is 0. The smallest absolute Gasteiger partial charge is 0.253 e. The van der Waals surface area contributed by atoms with Gasteiger partial charge in [-0.1, -0.05) is 33.0 Å². The van der Waals surface area contributed by atoms with Crippen LogP contribution in [0.2, 0.25) is 0 Å². The maximum Gasteiger partial charge on any atom is 0.253 e. The first-order chi connectivity index (χ1) is 8.89. The van der Waals surface area contributed by atoms with Crippen LogP contribution in [0.3, 0.4) is 0 Å². The highest BCUT2D eigenvalue weighted by Crippen LogP contribution is 2.21. The Bertz CT molecular complexity index is 535. The molecule has 100 valence electrons. The van der Waals surface area contributed by atoms with E-state index in [0.29, 0.717) is 10.9 Å². The number of nitrogens with zero attached hydrogens (tertiary/aromatic N) is 3.